The molecule has 2 saturated heterocycles. The highest BCUT2D eigenvalue weighted by molar-refractivity contribution is 5.92. The second-order valence-electron chi connectivity index (χ2n) is 7.85. The molecule has 144 valence electrons. The Balaban J connectivity index is 1.39. The molecule has 1 aromatic carbocycles. The van der Waals surface area contributed by atoms with Gasteiger partial charge in [-0.05, 0) is 43.7 Å². The first-order valence-corrected chi connectivity index (χ1v) is 9.61. The van der Waals surface area contributed by atoms with E-state index in [2.05, 4.69) is 38.6 Å². The highest BCUT2D eigenvalue weighted by atomic mass is 16.2. The molecule has 2 aliphatic heterocycles. The van der Waals surface area contributed by atoms with E-state index in [1.54, 1.807) is 4.68 Å². The average molecular weight is 377 g/mol. The van der Waals surface area contributed by atoms with E-state index in [0.717, 1.165) is 48.0 Å². The number of aromatic nitrogens is 4. The highest BCUT2D eigenvalue weighted by Crippen LogP contribution is 2.30. The fourth-order valence-electron chi connectivity index (χ4n) is 4.48. The van der Waals surface area contributed by atoms with Gasteiger partial charge in [-0.25, -0.2) is 4.79 Å². The maximum absolute atomic E-state index is 12.9. The van der Waals surface area contributed by atoms with E-state index in [1.165, 1.54) is 0 Å². The SMILES string of the molecule is CN1CC2CCC(C1)N2C(=O)Nc1cc2cc(-c3cnn(C)c3)ccc2nn1. The second-order valence-corrected chi connectivity index (χ2v) is 7.85. The van der Waals surface area contributed by atoms with Crippen LogP contribution < -0.4 is 5.32 Å². The van der Waals surface area contributed by atoms with Crippen molar-refractivity contribution in [3.8, 4) is 11.1 Å². The third-order valence-electron chi connectivity index (χ3n) is 5.76. The maximum atomic E-state index is 12.9. The summed E-state index contributed by atoms with van der Waals surface area (Å²) in [6, 6.07) is 8.39. The molecule has 8 heteroatoms. The molecule has 2 aromatic heterocycles. The number of nitrogens with zero attached hydrogens (tertiary/aromatic N) is 6. The Labute approximate surface area is 163 Å². The Morgan fingerprint density at radius 1 is 1.07 bits per heavy atom. The van der Waals surface area contributed by atoms with Crippen LogP contribution in [0, 0.1) is 0 Å². The molecule has 28 heavy (non-hydrogen) atoms. The van der Waals surface area contributed by atoms with E-state index in [0.29, 0.717) is 5.82 Å². The molecule has 2 bridgehead atoms. The molecule has 8 nitrogen and oxygen atoms in total. The monoisotopic (exact) mass is 377 g/mol. The number of benzene rings is 1. The van der Waals surface area contributed by atoms with Crippen LogP contribution in [-0.4, -0.2) is 68.0 Å². The van der Waals surface area contributed by atoms with Crippen LogP contribution in [0.5, 0.6) is 0 Å². The zero-order valence-corrected chi connectivity index (χ0v) is 16.0. The smallest absolute Gasteiger partial charge is 0.316 e. The average Bonchev–Trinajstić information content (AvgIpc) is 3.22. The predicted molar refractivity (Wildman–Crippen MR) is 107 cm³/mol. The summed E-state index contributed by atoms with van der Waals surface area (Å²) in [5.41, 5.74) is 2.90. The first-order valence-electron chi connectivity index (χ1n) is 9.61. The van der Waals surface area contributed by atoms with Crippen LogP contribution in [0.15, 0.2) is 36.7 Å². The van der Waals surface area contributed by atoms with E-state index in [-0.39, 0.29) is 18.1 Å². The standard InChI is InChI=1S/C20H23N7O/c1-25-11-16-4-5-17(12-25)27(16)20(28)22-19-8-14-7-13(3-6-18(14)23-24-19)15-9-21-26(2)10-15/h3,6-10,16-17H,4-5,11-12H2,1-2H3,(H,22,24,28). The van der Waals surface area contributed by atoms with E-state index < -0.39 is 0 Å². The summed E-state index contributed by atoms with van der Waals surface area (Å²) in [6.07, 6.45) is 5.95. The summed E-state index contributed by atoms with van der Waals surface area (Å²) < 4.78 is 1.78. The Morgan fingerprint density at radius 2 is 1.86 bits per heavy atom. The summed E-state index contributed by atoms with van der Waals surface area (Å²) in [6.45, 7) is 1.86. The molecule has 0 aliphatic carbocycles. The first-order chi connectivity index (χ1) is 13.6. The molecule has 4 heterocycles. The molecule has 0 saturated carbocycles. The van der Waals surface area contributed by atoms with E-state index in [4.69, 9.17) is 0 Å². The lowest BCUT2D eigenvalue weighted by molar-refractivity contribution is 0.111. The quantitative estimate of drug-likeness (QED) is 0.742. The number of rotatable bonds is 2. The van der Waals surface area contributed by atoms with Crippen LogP contribution in [0.25, 0.3) is 22.0 Å². The van der Waals surface area contributed by atoms with Crippen molar-refractivity contribution < 1.29 is 4.79 Å². The van der Waals surface area contributed by atoms with Gasteiger partial charge in [-0.2, -0.15) is 5.10 Å². The lowest BCUT2D eigenvalue weighted by atomic mass is 10.1. The normalized spacial score (nSPS) is 22.0. The number of piperazine rings is 1. The summed E-state index contributed by atoms with van der Waals surface area (Å²) in [4.78, 5) is 17.2. The van der Waals surface area contributed by atoms with E-state index in [1.807, 2.05) is 42.5 Å². The largest absolute Gasteiger partial charge is 0.323 e. The van der Waals surface area contributed by atoms with Crippen molar-refractivity contribution in [3.63, 3.8) is 0 Å². The van der Waals surface area contributed by atoms with Crippen molar-refractivity contribution in [2.75, 3.05) is 25.5 Å². The number of fused-ring (bicyclic) bond motifs is 3. The maximum Gasteiger partial charge on any atom is 0.323 e. The van der Waals surface area contributed by atoms with Crippen LogP contribution in [0.1, 0.15) is 12.8 Å². The van der Waals surface area contributed by atoms with Crippen molar-refractivity contribution in [2.24, 2.45) is 7.05 Å². The number of aryl methyl sites for hydroxylation is 1. The van der Waals surface area contributed by atoms with Gasteiger partial charge in [0, 0.05) is 49.4 Å². The number of anilines is 1. The molecule has 3 aromatic rings. The zero-order valence-electron chi connectivity index (χ0n) is 16.0. The third-order valence-corrected chi connectivity index (χ3v) is 5.76. The number of hydrogen-bond acceptors (Lipinski definition) is 5. The van der Waals surface area contributed by atoms with Gasteiger partial charge in [0.15, 0.2) is 5.82 Å². The molecule has 0 spiro atoms. The van der Waals surface area contributed by atoms with Crippen molar-refractivity contribution in [2.45, 2.75) is 24.9 Å². The fourth-order valence-corrected chi connectivity index (χ4v) is 4.48. The summed E-state index contributed by atoms with van der Waals surface area (Å²) in [5, 5.41) is 16.6. The van der Waals surface area contributed by atoms with Crippen molar-refractivity contribution in [3.05, 3.63) is 36.7 Å². The third kappa shape index (κ3) is 2.99. The summed E-state index contributed by atoms with van der Waals surface area (Å²) >= 11 is 0. The number of urea groups is 1. The minimum atomic E-state index is -0.0716. The lowest BCUT2D eigenvalue weighted by Crippen LogP contribution is -2.55. The van der Waals surface area contributed by atoms with Crippen molar-refractivity contribution >= 4 is 22.8 Å². The van der Waals surface area contributed by atoms with Crippen LogP contribution in [-0.2, 0) is 7.05 Å². The molecular formula is C20H23N7O. The number of hydrogen-bond donors (Lipinski definition) is 1. The van der Waals surface area contributed by atoms with Gasteiger partial charge in [0.1, 0.15) is 0 Å². The zero-order chi connectivity index (χ0) is 19.3. The van der Waals surface area contributed by atoms with Crippen LogP contribution in [0.3, 0.4) is 0 Å². The lowest BCUT2D eigenvalue weighted by Gasteiger charge is -2.39. The molecule has 2 fully saturated rings. The van der Waals surface area contributed by atoms with Crippen LogP contribution in [0.2, 0.25) is 0 Å². The number of nitrogens with one attached hydrogen (secondary N) is 1. The fraction of sp³-hybridized carbons (Fsp3) is 0.400. The van der Waals surface area contributed by atoms with Gasteiger partial charge >= 0.3 is 6.03 Å². The molecule has 1 N–H and O–H groups in total. The van der Waals surface area contributed by atoms with Gasteiger partial charge in [-0.1, -0.05) is 6.07 Å². The highest BCUT2D eigenvalue weighted by Gasteiger charge is 2.41. The Hall–Kier alpha value is -3.00. The summed E-state index contributed by atoms with van der Waals surface area (Å²) in [5.74, 6) is 0.485. The molecule has 5 rings (SSSR count). The molecule has 0 radical (unpaired) electrons. The first kappa shape index (κ1) is 17.1. The Morgan fingerprint density at radius 3 is 2.57 bits per heavy atom. The van der Waals surface area contributed by atoms with Crippen molar-refractivity contribution in [1.29, 1.82) is 0 Å². The van der Waals surface area contributed by atoms with Crippen LogP contribution in [0.4, 0.5) is 10.6 Å². The van der Waals surface area contributed by atoms with Gasteiger partial charge in [-0.15, -0.1) is 10.2 Å². The van der Waals surface area contributed by atoms with Gasteiger partial charge in [0.05, 0.1) is 11.7 Å². The van der Waals surface area contributed by atoms with Crippen molar-refractivity contribution in [1.82, 2.24) is 29.8 Å². The molecule has 2 atom stereocenters. The summed E-state index contributed by atoms with van der Waals surface area (Å²) in [7, 11) is 4.02. The minimum absolute atomic E-state index is 0.0716. The predicted octanol–water partition coefficient (Wildman–Crippen LogP) is 2.34. The Bertz CT molecular complexity index is 1030. The number of carbonyl (C=O) groups excluding carboxylic acids is 1. The second kappa shape index (κ2) is 6.56. The van der Waals surface area contributed by atoms with Gasteiger partial charge in [0.2, 0.25) is 0 Å². The topological polar surface area (TPSA) is 79.2 Å². The molecular weight excluding hydrogens is 354 g/mol. The van der Waals surface area contributed by atoms with Gasteiger partial charge in [0.25, 0.3) is 0 Å². The molecule has 2 amide bonds. The van der Waals surface area contributed by atoms with E-state index in [9.17, 15) is 4.79 Å². The number of likely N-dealkylation sites (N-methyl/N-ethyl adjacent to an activating group) is 1. The van der Waals surface area contributed by atoms with Gasteiger partial charge in [-0.3, -0.25) is 10.00 Å². The number of likely N-dealkylation sites (tertiary alicyclic amines) is 1. The van der Waals surface area contributed by atoms with Gasteiger partial charge < -0.3 is 9.80 Å². The van der Waals surface area contributed by atoms with Crippen LogP contribution >= 0.6 is 0 Å². The Kier molecular flexibility index (Phi) is 4.01. The molecule has 2 aliphatic rings. The minimum Gasteiger partial charge on any atom is -0.316 e. The number of carbonyl (C=O) groups is 1. The van der Waals surface area contributed by atoms with E-state index >= 15 is 0 Å². The number of amides is 2. The molecule has 2 unspecified atom stereocenters.